The zero-order valence-corrected chi connectivity index (χ0v) is 12.6. The van der Waals surface area contributed by atoms with E-state index in [1.54, 1.807) is 0 Å². The molecule has 1 aromatic heterocycles. The maximum atomic E-state index is 4.81. The van der Waals surface area contributed by atoms with Crippen molar-refractivity contribution >= 4 is 11.5 Å². The van der Waals surface area contributed by atoms with Crippen LogP contribution in [0, 0.1) is 0 Å². The van der Waals surface area contributed by atoms with Gasteiger partial charge in [0.1, 0.15) is 5.82 Å². The summed E-state index contributed by atoms with van der Waals surface area (Å²) in [4.78, 5) is 11.9. The molecule has 1 aromatic carbocycles. The Morgan fingerprint density at radius 1 is 1.14 bits per heavy atom. The molecule has 4 rings (SSSR count). The van der Waals surface area contributed by atoms with Crippen LogP contribution in [0.15, 0.2) is 18.2 Å². The van der Waals surface area contributed by atoms with Crippen molar-refractivity contribution in [3.05, 3.63) is 35.0 Å². The van der Waals surface area contributed by atoms with E-state index in [2.05, 4.69) is 35.5 Å². The molecule has 2 heterocycles. The third kappa shape index (κ3) is 1.97. The summed E-state index contributed by atoms with van der Waals surface area (Å²) < 4.78 is 0. The van der Waals surface area contributed by atoms with Crippen molar-refractivity contribution in [1.82, 2.24) is 9.97 Å². The number of fused-ring (bicyclic) bond motifs is 2. The maximum absolute atomic E-state index is 4.81. The molecule has 0 saturated heterocycles. The fourth-order valence-electron chi connectivity index (χ4n) is 3.47. The molecule has 2 aromatic rings. The Hall–Kier alpha value is -2.10. The summed E-state index contributed by atoms with van der Waals surface area (Å²) in [7, 11) is 4.10. The Labute approximate surface area is 125 Å². The highest BCUT2D eigenvalue weighted by molar-refractivity contribution is 5.68. The highest BCUT2D eigenvalue weighted by Crippen LogP contribution is 2.33. The predicted octanol–water partition coefficient (Wildman–Crippen LogP) is 2.67. The van der Waals surface area contributed by atoms with E-state index in [1.165, 1.54) is 28.9 Å². The minimum atomic E-state index is 0.859. The van der Waals surface area contributed by atoms with Crippen molar-refractivity contribution < 1.29 is 0 Å². The van der Waals surface area contributed by atoms with Crippen molar-refractivity contribution in [2.45, 2.75) is 25.7 Å². The minimum absolute atomic E-state index is 0.859. The molecule has 0 spiro atoms. The number of rotatable bonds is 2. The molecule has 4 nitrogen and oxygen atoms in total. The lowest BCUT2D eigenvalue weighted by atomic mass is 10.1. The third-order valence-electron chi connectivity index (χ3n) is 4.64. The fraction of sp³-hybridized carbons (Fsp3) is 0.412. The van der Waals surface area contributed by atoms with Gasteiger partial charge in [-0.3, -0.25) is 0 Å². The highest BCUT2D eigenvalue weighted by Gasteiger charge is 2.21. The molecule has 1 N–H and O–H groups in total. The predicted molar refractivity (Wildman–Crippen MR) is 86.0 cm³/mol. The number of benzene rings is 1. The van der Waals surface area contributed by atoms with Gasteiger partial charge in [-0.05, 0) is 49.4 Å². The van der Waals surface area contributed by atoms with E-state index in [4.69, 9.17) is 9.97 Å². The lowest BCUT2D eigenvalue weighted by Crippen LogP contribution is -2.12. The van der Waals surface area contributed by atoms with E-state index in [-0.39, 0.29) is 0 Å². The minimum Gasteiger partial charge on any atom is -0.374 e. The van der Waals surface area contributed by atoms with E-state index < -0.39 is 0 Å². The normalized spacial score (nSPS) is 16.0. The van der Waals surface area contributed by atoms with E-state index in [9.17, 15) is 0 Å². The number of likely N-dealkylation sites (N-methyl/N-ethyl adjacent to an activating group) is 1. The molecule has 21 heavy (non-hydrogen) atoms. The first kappa shape index (κ1) is 12.6. The number of anilines is 2. The molecule has 0 bridgehead atoms. The van der Waals surface area contributed by atoms with Crippen LogP contribution in [0.5, 0.6) is 0 Å². The number of hydrogen-bond acceptors (Lipinski definition) is 4. The van der Waals surface area contributed by atoms with Gasteiger partial charge in [-0.2, -0.15) is 0 Å². The van der Waals surface area contributed by atoms with Gasteiger partial charge in [0.25, 0.3) is 0 Å². The third-order valence-corrected chi connectivity index (χ3v) is 4.64. The fourth-order valence-corrected chi connectivity index (χ4v) is 3.47. The molecule has 1 aliphatic carbocycles. The quantitative estimate of drug-likeness (QED) is 0.918. The second-order valence-electron chi connectivity index (χ2n) is 5.94. The largest absolute Gasteiger partial charge is 0.374 e. The maximum Gasteiger partial charge on any atom is 0.161 e. The smallest absolute Gasteiger partial charge is 0.161 e. The van der Waals surface area contributed by atoms with E-state index in [0.29, 0.717) is 0 Å². The van der Waals surface area contributed by atoms with Crippen LogP contribution in [0.3, 0.4) is 0 Å². The van der Waals surface area contributed by atoms with Gasteiger partial charge in [-0.1, -0.05) is 0 Å². The first-order valence-corrected chi connectivity index (χ1v) is 7.68. The Kier molecular flexibility index (Phi) is 2.84. The molecule has 1 aliphatic heterocycles. The van der Waals surface area contributed by atoms with Crippen LogP contribution in [0.4, 0.5) is 11.5 Å². The van der Waals surface area contributed by atoms with Crippen LogP contribution < -0.4 is 10.2 Å². The molecule has 0 saturated carbocycles. The number of nitrogens with one attached hydrogen (secondary N) is 1. The number of aryl methyl sites for hydroxylation is 1. The zero-order valence-electron chi connectivity index (χ0n) is 12.6. The van der Waals surface area contributed by atoms with Gasteiger partial charge in [0.2, 0.25) is 0 Å². The summed E-state index contributed by atoms with van der Waals surface area (Å²) in [5.41, 5.74) is 6.42. The van der Waals surface area contributed by atoms with Crippen molar-refractivity contribution in [3.63, 3.8) is 0 Å². The van der Waals surface area contributed by atoms with Crippen molar-refractivity contribution in [1.29, 1.82) is 0 Å². The Balaban J connectivity index is 1.81. The molecule has 0 amide bonds. The van der Waals surface area contributed by atoms with Crippen LogP contribution >= 0.6 is 0 Å². The van der Waals surface area contributed by atoms with Gasteiger partial charge in [0.15, 0.2) is 5.82 Å². The van der Waals surface area contributed by atoms with Crippen molar-refractivity contribution in [3.8, 4) is 11.4 Å². The van der Waals surface area contributed by atoms with Gasteiger partial charge < -0.3 is 10.2 Å². The molecule has 0 radical (unpaired) electrons. The van der Waals surface area contributed by atoms with Crippen molar-refractivity contribution in [2.75, 3.05) is 30.9 Å². The molecule has 0 atom stereocenters. The summed E-state index contributed by atoms with van der Waals surface area (Å²) in [5.74, 6) is 1.86. The van der Waals surface area contributed by atoms with Crippen LogP contribution in [-0.4, -0.2) is 30.6 Å². The van der Waals surface area contributed by atoms with Crippen LogP contribution in [0.1, 0.15) is 23.2 Å². The highest BCUT2D eigenvalue weighted by atomic mass is 15.1. The van der Waals surface area contributed by atoms with Gasteiger partial charge in [0, 0.05) is 43.1 Å². The number of aromatic nitrogens is 2. The van der Waals surface area contributed by atoms with Gasteiger partial charge in [0.05, 0.1) is 0 Å². The van der Waals surface area contributed by atoms with E-state index in [1.807, 2.05) is 7.05 Å². The van der Waals surface area contributed by atoms with E-state index in [0.717, 1.165) is 43.0 Å². The Morgan fingerprint density at radius 3 is 2.90 bits per heavy atom. The van der Waals surface area contributed by atoms with Crippen LogP contribution in [-0.2, 0) is 19.3 Å². The topological polar surface area (TPSA) is 41.1 Å². The van der Waals surface area contributed by atoms with Crippen molar-refractivity contribution in [2.24, 2.45) is 0 Å². The SMILES string of the molecule is CNc1nc(-c2ccc3c(c2)CCN3C)nc2c1CCC2. The lowest BCUT2D eigenvalue weighted by molar-refractivity contribution is 0.900. The first-order chi connectivity index (χ1) is 10.3. The van der Waals surface area contributed by atoms with Gasteiger partial charge in [-0.15, -0.1) is 0 Å². The second kappa shape index (κ2) is 4.72. The van der Waals surface area contributed by atoms with Gasteiger partial charge >= 0.3 is 0 Å². The molecule has 108 valence electrons. The monoisotopic (exact) mass is 280 g/mol. The summed E-state index contributed by atoms with van der Waals surface area (Å²) in [6, 6.07) is 6.61. The molecular weight excluding hydrogens is 260 g/mol. The molecule has 2 aliphatic rings. The summed E-state index contributed by atoms with van der Waals surface area (Å²) >= 11 is 0. The average molecular weight is 280 g/mol. The molecule has 4 heteroatoms. The van der Waals surface area contributed by atoms with Crippen LogP contribution in [0.25, 0.3) is 11.4 Å². The average Bonchev–Trinajstić information content (AvgIpc) is 3.12. The molecular formula is C17H20N4. The first-order valence-electron chi connectivity index (χ1n) is 7.68. The lowest BCUT2D eigenvalue weighted by Gasteiger charge is -2.13. The molecule has 0 unspecified atom stereocenters. The second-order valence-corrected chi connectivity index (χ2v) is 5.94. The zero-order chi connectivity index (χ0) is 14.4. The number of hydrogen-bond donors (Lipinski definition) is 1. The van der Waals surface area contributed by atoms with Gasteiger partial charge in [-0.25, -0.2) is 9.97 Å². The Morgan fingerprint density at radius 2 is 2.05 bits per heavy atom. The summed E-state index contributed by atoms with van der Waals surface area (Å²) in [6.45, 7) is 1.10. The molecule has 0 fully saturated rings. The van der Waals surface area contributed by atoms with E-state index >= 15 is 0 Å². The Bertz CT molecular complexity index is 708. The standard InChI is InChI=1S/C17H20N4/c1-18-17-13-4-3-5-14(13)19-16(20-17)12-6-7-15-11(10-12)8-9-21(15)2/h6-7,10H,3-5,8-9H2,1-2H3,(H,18,19,20). The summed E-state index contributed by atoms with van der Waals surface area (Å²) in [6.07, 6.45) is 4.48. The number of nitrogens with zero attached hydrogens (tertiary/aromatic N) is 3. The summed E-state index contributed by atoms with van der Waals surface area (Å²) in [5, 5.41) is 3.24. The van der Waals surface area contributed by atoms with Crippen LogP contribution in [0.2, 0.25) is 0 Å².